The van der Waals surface area contributed by atoms with Crippen LogP contribution in [0.15, 0.2) is 24.3 Å². The van der Waals surface area contributed by atoms with Gasteiger partial charge >= 0.3 is 0 Å². The largest absolute Gasteiger partial charge is 0.326 e. The highest BCUT2D eigenvalue weighted by atomic mass is 16.1. The van der Waals surface area contributed by atoms with Gasteiger partial charge in [-0.05, 0) is 44.0 Å². The maximum Gasteiger partial charge on any atom is 0.230 e. The molecular formula is C15H19N3O. The number of amides is 1. The van der Waals surface area contributed by atoms with Gasteiger partial charge in [0.25, 0.3) is 0 Å². The number of carbonyl (C=O) groups is 1. The third kappa shape index (κ3) is 3.22. The van der Waals surface area contributed by atoms with Crippen LogP contribution in [0, 0.1) is 20.8 Å². The Morgan fingerprint density at radius 3 is 2.63 bits per heavy atom. The van der Waals surface area contributed by atoms with Crippen molar-refractivity contribution in [3.8, 4) is 0 Å². The van der Waals surface area contributed by atoms with Crippen molar-refractivity contribution in [2.24, 2.45) is 7.05 Å². The summed E-state index contributed by atoms with van der Waals surface area (Å²) >= 11 is 0. The predicted octanol–water partition coefficient (Wildman–Crippen LogP) is 2.53. The van der Waals surface area contributed by atoms with Crippen LogP contribution in [0.4, 0.5) is 5.69 Å². The molecule has 0 atom stereocenters. The van der Waals surface area contributed by atoms with E-state index in [0.717, 1.165) is 28.2 Å². The summed E-state index contributed by atoms with van der Waals surface area (Å²) in [5.74, 6) is -0.0169. The first-order chi connectivity index (χ1) is 8.95. The molecule has 0 bridgehead atoms. The molecule has 1 aromatic heterocycles. The van der Waals surface area contributed by atoms with Gasteiger partial charge in [0, 0.05) is 18.4 Å². The maximum absolute atomic E-state index is 12.1. The van der Waals surface area contributed by atoms with Gasteiger partial charge in [-0.25, -0.2) is 0 Å². The average molecular weight is 257 g/mol. The number of hydrogen-bond acceptors (Lipinski definition) is 2. The highest BCUT2D eigenvalue weighted by Gasteiger charge is 2.09. The molecule has 1 aromatic carbocycles. The number of hydrogen-bond donors (Lipinski definition) is 1. The zero-order valence-corrected chi connectivity index (χ0v) is 11.8. The molecule has 0 spiro atoms. The van der Waals surface area contributed by atoms with Crippen molar-refractivity contribution in [2.45, 2.75) is 27.2 Å². The Kier molecular flexibility index (Phi) is 3.69. The molecule has 1 amide bonds. The van der Waals surface area contributed by atoms with Crippen molar-refractivity contribution in [3.63, 3.8) is 0 Å². The summed E-state index contributed by atoms with van der Waals surface area (Å²) < 4.78 is 1.75. The standard InChI is InChI=1S/C15H19N3O/c1-10-5-6-11(2)14(7-10)16-15(19)9-13-8-12(3)17-18(13)4/h5-8H,9H2,1-4H3,(H,16,19). The third-order valence-electron chi connectivity index (χ3n) is 3.11. The quantitative estimate of drug-likeness (QED) is 0.918. The van der Waals surface area contributed by atoms with Crippen LogP contribution in [0.25, 0.3) is 0 Å². The summed E-state index contributed by atoms with van der Waals surface area (Å²) in [6.45, 7) is 5.93. The lowest BCUT2D eigenvalue weighted by atomic mass is 10.1. The summed E-state index contributed by atoms with van der Waals surface area (Å²) in [6.07, 6.45) is 0.338. The van der Waals surface area contributed by atoms with Gasteiger partial charge in [0.15, 0.2) is 0 Å². The minimum Gasteiger partial charge on any atom is -0.326 e. The molecule has 19 heavy (non-hydrogen) atoms. The Hall–Kier alpha value is -2.10. The summed E-state index contributed by atoms with van der Waals surface area (Å²) in [5.41, 5.74) is 4.93. The van der Waals surface area contributed by atoms with E-state index in [0.29, 0.717) is 6.42 Å². The van der Waals surface area contributed by atoms with E-state index in [1.165, 1.54) is 0 Å². The normalized spacial score (nSPS) is 10.5. The van der Waals surface area contributed by atoms with E-state index in [1.807, 2.05) is 52.1 Å². The van der Waals surface area contributed by atoms with Crippen LogP contribution in [0.3, 0.4) is 0 Å². The number of carbonyl (C=O) groups excluding carboxylic acids is 1. The molecule has 0 saturated carbocycles. The van der Waals surface area contributed by atoms with Crippen LogP contribution in [0.2, 0.25) is 0 Å². The number of rotatable bonds is 3. The zero-order chi connectivity index (χ0) is 14.0. The lowest BCUT2D eigenvalue weighted by Gasteiger charge is -2.09. The Bertz CT molecular complexity index is 614. The fourth-order valence-electron chi connectivity index (χ4n) is 2.06. The SMILES string of the molecule is Cc1ccc(C)c(NC(=O)Cc2cc(C)nn2C)c1. The molecule has 0 aliphatic heterocycles. The lowest BCUT2D eigenvalue weighted by Crippen LogP contribution is -2.17. The predicted molar refractivity (Wildman–Crippen MR) is 76.2 cm³/mol. The summed E-state index contributed by atoms with van der Waals surface area (Å²) in [7, 11) is 1.85. The number of nitrogens with one attached hydrogen (secondary N) is 1. The van der Waals surface area contributed by atoms with E-state index in [2.05, 4.69) is 10.4 Å². The molecule has 4 nitrogen and oxygen atoms in total. The van der Waals surface area contributed by atoms with Crippen LogP contribution < -0.4 is 5.32 Å². The second kappa shape index (κ2) is 5.26. The molecule has 0 unspecified atom stereocenters. The van der Waals surface area contributed by atoms with E-state index in [9.17, 15) is 4.79 Å². The van der Waals surface area contributed by atoms with Gasteiger partial charge < -0.3 is 5.32 Å². The second-order valence-corrected chi connectivity index (χ2v) is 4.94. The fraction of sp³-hybridized carbons (Fsp3) is 0.333. The van der Waals surface area contributed by atoms with Gasteiger partial charge in [0.05, 0.1) is 12.1 Å². The van der Waals surface area contributed by atoms with Gasteiger partial charge in [0.2, 0.25) is 5.91 Å². The highest BCUT2D eigenvalue weighted by molar-refractivity contribution is 5.92. The molecule has 0 aliphatic carbocycles. The molecule has 0 radical (unpaired) electrons. The molecule has 0 fully saturated rings. The van der Waals surface area contributed by atoms with E-state index in [1.54, 1.807) is 4.68 Å². The van der Waals surface area contributed by atoms with Crippen molar-refractivity contribution in [1.82, 2.24) is 9.78 Å². The molecule has 4 heteroatoms. The van der Waals surface area contributed by atoms with E-state index >= 15 is 0 Å². The van der Waals surface area contributed by atoms with Crippen LogP contribution in [0.5, 0.6) is 0 Å². The van der Waals surface area contributed by atoms with Crippen LogP contribution in [0.1, 0.15) is 22.5 Å². The van der Waals surface area contributed by atoms with E-state index in [-0.39, 0.29) is 5.91 Å². The molecule has 2 aromatic rings. The summed E-state index contributed by atoms with van der Waals surface area (Å²) in [6, 6.07) is 7.97. The van der Waals surface area contributed by atoms with E-state index < -0.39 is 0 Å². The minimum absolute atomic E-state index is 0.0169. The molecule has 1 N–H and O–H groups in total. The number of aromatic nitrogens is 2. The Morgan fingerprint density at radius 2 is 2.00 bits per heavy atom. The van der Waals surface area contributed by atoms with Crippen LogP contribution in [-0.4, -0.2) is 15.7 Å². The Morgan fingerprint density at radius 1 is 1.26 bits per heavy atom. The average Bonchev–Trinajstić information content (AvgIpc) is 2.62. The summed E-state index contributed by atoms with van der Waals surface area (Å²) in [5, 5.41) is 7.20. The summed E-state index contributed by atoms with van der Waals surface area (Å²) in [4.78, 5) is 12.1. The number of aryl methyl sites for hydroxylation is 4. The minimum atomic E-state index is -0.0169. The van der Waals surface area contributed by atoms with E-state index in [4.69, 9.17) is 0 Å². The lowest BCUT2D eigenvalue weighted by molar-refractivity contribution is -0.115. The fourth-order valence-corrected chi connectivity index (χ4v) is 2.06. The van der Waals surface area contributed by atoms with Crippen molar-refractivity contribution >= 4 is 11.6 Å². The van der Waals surface area contributed by atoms with Gasteiger partial charge in [-0.3, -0.25) is 9.48 Å². The third-order valence-corrected chi connectivity index (χ3v) is 3.11. The highest BCUT2D eigenvalue weighted by Crippen LogP contribution is 2.16. The van der Waals surface area contributed by atoms with Crippen molar-refractivity contribution in [2.75, 3.05) is 5.32 Å². The van der Waals surface area contributed by atoms with Gasteiger partial charge in [-0.2, -0.15) is 5.10 Å². The van der Waals surface area contributed by atoms with Crippen molar-refractivity contribution in [3.05, 3.63) is 46.8 Å². The number of benzene rings is 1. The van der Waals surface area contributed by atoms with Gasteiger partial charge in [-0.15, -0.1) is 0 Å². The molecule has 1 heterocycles. The second-order valence-electron chi connectivity index (χ2n) is 4.94. The van der Waals surface area contributed by atoms with Gasteiger partial charge in [0.1, 0.15) is 0 Å². The molecule has 100 valence electrons. The number of nitrogens with zero attached hydrogens (tertiary/aromatic N) is 2. The Balaban J connectivity index is 2.09. The number of anilines is 1. The first-order valence-electron chi connectivity index (χ1n) is 6.32. The Labute approximate surface area is 113 Å². The molecule has 0 aliphatic rings. The first-order valence-corrected chi connectivity index (χ1v) is 6.32. The topological polar surface area (TPSA) is 46.9 Å². The smallest absolute Gasteiger partial charge is 0.230 e. The first kappa shape index (κ1) is 13.3. The molecule has 2 rings (SSSR count). The monoisotopic (exact) mass is 257 g/mol. The van der Waals surface area contributed by atoms with Gasteiger partial charge in [-0.1, -0.05) is 12.1 Å². The van der Waals surface area contributed by atoms with Crippen molar-refractivity contribution in [1.29, 1.82) is 0 Å². The van der Waals surface area contributed by atoms with Crippen LogP contribution >= 0.6 is 0 Å². The van der Waals surface area contributed by atoms with Crippen molar-refractivity contribution < 1.29 is 4.79 Å². The van der Waals surface area contributed by atoms with Crippen LogP contribution in [-0.2, 0) is 18.3 Å². The zero-order valence-electron chi connectivity index (χ0n) is 11.8. The molecular weight excluding hydrogens is 238 g/mol. The molecule has 0 saturated heterocycles. The maximum atomic E-state index is 12.1.